The smallest absolute Gasteiger partial charge is 0.151 e. The molecule has 2 aliphatic rings. The fraction of sp³-hybridized carbons (Fsp3) is 0.857. The van der Waals surface area contributed by atoms with Gasteiger partial charge < -0.3 is 65.9 Å². The van der Waals surface area contributed by atoms with Crippen LogP contribution in [0.4, 0.5) is 0 Å². The van der Waals surface area contributed by atoms with Crippen molar-refractivity contribution in [2.24, 2.45) is 11.8 Å². The second kappa shape index (κ2) is 12.8. The minimum Gasteiger partial charge on any atom is -0.396 e. The highest BCUT2D eigenvalue weighted by Crippen LogP contribution is 2.35. The van der Waals surface area contributed by atoms with E-state index >= 15 is 0 Å². The van der Waals surface area contributed by atoms with Crippen LogP contribution in [0, 0.1) is 11.8 Å². The maximum atomic E-state index is 10.8. The summed E-state index contributed by atoms with van der Waals surface area (Å²) in [6, 6.07) is -2.73. The Morgan fingerprint density at radius 2 is 1.71 bits per heavy atom. The van der Waals surface area contributed by atoms with Gasteiger partial charge in [0, 0.05) is 6.61 Å². The molecule has 10 unspecified atom stereocenters. The largest absolute Gasteiger partial charge is 0.396 e. The van der Waals surface area contributed by atoms with E-state index < -0.39 is 92.1 Å². The Balaban J connectivity index is 2.26. The summed E-state index contributed by atoms with van der Waals surface area (Å²) in [6.45, 7) is -0.101. The predicted octanol–water partition coefficient (Wildman–Crippen LogP) is -5.63. The summed E-state index contributed by atoms with van der Waals surface area (Å²) >= 11 is 0. The van der Waals surface area contributed by atoms with E-state index in [2.05, 4.69) is 5.32 Å². The highest BCUT2D eigenvalue weighted by molar-refractivity contribution is 5.56. The summed E-state index contributed by atoms with van der Waals surface area (Å²) in [6.07, 6.45) is -12.2. The predicted molar refractivity (Wildman–Crippen MR) is 114 cm³/mol. The van der Waals surface area contributed by atoms with Gasteiger partial charge in [-0.25, -0.2) is 0 Å². The van der Waals surface area contributed by atoms with Crippen molar-refractivity contribution in [3.8, 4) is 0 Å². The van der Waals surface area contributed by atoms with Gasteiger partial charge in [0.15, 0.2) is 6.29 Å². The molecule has 1 fully saturated rings. The van der Waals surface area contributed by atoms with Gasteiger partial charge in [-0.15, -0.1) is 0 Å². The standard InChI is InChI=1S/C21H37NO12/c1-8-9(4-23)3-14(19(32)16(8)29)34-21-10(5-24)2-11(17(30)20(21)33)22-15(12(27)6-25)18(31)13(28)7-26/h2,7-9,11-25,27-33H,3-6H2,1H3/t8?,9-,11?,12-,13?,14?,15?,16+,17?,18?,19?,20?,21?/m1/s1. The molecule has 13 heteroatoms. The van der Waals surface area contributed by atoms with E-state index in [0.717, 1.165) is 0 Å². The lowest BCUT2D eigenvalue weighted by Crippen LogP contribution is -2.63. The molecule has 0 radical (unpaired) electrons. The number of carbonyl (C=O) groups is 1. The van der Waals surface area contributed by atoms with Crippen LogP contribution < -0.4 is 5.32 Å². The summed E-state index contributed by atoms with van der Waals surface area (Å²) < 4.78 is 5.79. The lowest BCUT2D eigenvalue weighted by atomic mass is 9.75. The topological polar surface area (TPSA) is 241 Å². The molecular weight excluding hydrogens is 458 g/mol. The van der Waals surface area contributed by atoms with Crippen molar-refractivity contribution >= 4 is 6.29 Å². The van der Waals surface area contributed by atoms with Gasteiger partial charge >= 0.3 is 0 Å². The molecule has 2 aliphatic carbocycles. The summed E-state index contributed by atoms with van der Waals surface area (Å²) in [5.74, 6) is -0.803. The Labute approximate surface area is 196 Å². The number of hydrogen-bond acceptors (Lipinski definition) is 13. The van der Waals surface area contributed by atoms with Crippen LogP contribution in [0.1, 0.15) is 13.3 Å². The second-order valence-electron chi connectivity index (χ2n) is 9.08. The Hall–Kier alpha value is -1.07. The van der Waals surface area contributed by atoms with Crippen LogP contribution in [-0.2, 0) is 9.53 Å². The number of carbonyl (C=O) groups excluding carboxylic acids is 1. The fourth-order valence-corrected chi connectivity index (χ4v) is 4.59. The number of aldehydes is 1. The van der Waals surface area contributed by atoms with Gasteiger partial charge in [0.25, 0.3) is 0 Å². The molecule has 0 bridgehead atoms. The first-order chi connectivity index (χ1) is 16.0. The molecule has 0 heterocycles. The maximum Gasteiger partial charge on any atom is 0.151 e. The van der Waals surface area contributed by atoms with Gasteiger partial charge in [0.05, 0.1) is 43.6 Å². The van der Waals surface area contributed by atoms with Gasteiger partial charge in [-0.1, -0.05) is 13.0 Å². The summed E-state index contributed by atoms with van der Waals surface area (Å²) in [7, 11) is 0. The van der Waals surface area contributed by atoms with Crippen LogP contribution in [-0.4, -0.2) is 144 Å². The van der Waals surface area contributed by atoms with Crippen molar-refractivity contribution in [3.63, 3.8) is 0 Å². The third-order valence-corrected chi connectivity index (χ3v) is 6.92. The van der Waals surface area contributed by atoms with Crippen LogP contribution in [0.15, 0.2) is 11.6 Å². The lowest BCUT2D eigenvalue weighted by Gasteiger charge is -2.45. The molecule has 13 atom stereocenters. The van der Waals surface area contributed by atoms with Crippen LogP contribution in [0.2, 0.25) is 0 Å². The summed E-state index contributed by atoms with van der Waals surface area (Å²) in [5, 5.41) is 103. The van der Waals surface area contributed by atoms with Crippen molar-refractivity contribution in [2.75, 3.05) is 19.8 Å². The van der Waals surface area contributed by atoms with Crippen LogP contribution in [0.5, 0.6) is 0 Å². The van der Waals surface area contributed by atoms with E-state index in [1.807, 2.05) is 0 Å². The van der Waals surface area contributed by atoms with Gasteiger partial charge in [0.1, 0.15) is 36.6 Å². The Kier molecular flexibility index (Phi) is 10.9. The van der Waals surface area contributed by atoms with Crippen molar-refractivity contribution in [2.45, 2.75) is 80.4 Å². The summed E-state index contributed by atoms with van der Waals surface area (Å²) in [5.41, 5.74) is 0.0684. The van der Waals surface area contributed by atoms with Gasteiger partial charge in [-0.05, 0) is 23.8 Å². The molecule has 11 N–H and O–H groups in total. The minimum absolute atomic E-state index is 0.0266. The molecule has 1 saturated carbocycles. The average molecular weight is 496 g/mol. The lowest BCUT2D eigenvalue weighted by molar-refractivity contribution is -0.189. The number of nitrogens with one attached hydrogen (secondary N) is 1. The maximum absolute atomic E-state index is 10.8. The highest BCUT2D eigenvalue weighted by Gasteiger charge is 2.46. The molecule has 0 saturated heterocycles. The van der Waals surface area contributed by atoms with E-state index in [0.29, 0.717) is 0 Å². The third kappa shape index (κ3) is 6.19. The van der Waals surface area contributed by atoms with Crippen LogP contribution >= 0.6 is 0 Å². The molecule has 2 rings (SSSR count). The SMILES string of the molecule is CC1[C@@H](CO)CC(OC2C(CO)=CC(NC(C(O)C(O)C=O)[C@H](O)CO)C(O)C2O)C(O)[C@H]1O. The van der Waals surface area contributed by atoms with Crippen LogP contribution in [0.3, 0.4) is 0 Å². The van der Waals surface area contributed by atoms with E-state index in [1.54, 1.807) is 6.92 Å². The minimum atomic E-state index is -1.91. The molecule has 0 aliphatic heterocycles. The van der Waals surface area contributed by atoms with Gasteiger partial charge in [0.2, 0.25) is 0 Å². The molecule has 0 aromatic heterocycles. The monoisotopic (exact) mass is 495 g/mol. The molecule has 0 amide bonds. The van der Waals surface area contributed by atoms with E-state index in [1.165, 1.54) is 6.08 Å². The summed E-state index contributed by atoms with van der Waals surface area (Å²) in [4.78, 5) is 10.8. The molecule has 13 nitrogen and oxygen atoms in total. The zero-order valence-electron chi connectivity index (χ0n) is 18.8. The number of ether oxygens (including phenoxy) is 1. The van der Waals surface area contributed by atoms with Gasteiger partial charge in [-0.3, -0.25) is 0 Å². The zero-order chi connectivity index (χ0) is 25.7. The van der Waals surface area contributed by atoms with E-state index in [-0.39, 0.29) is 24.9 Å². The highest BCUT2D eigenvalue weighted by atomic mass is 16.5. The first-order valence-corrected chi connectivity index (χ1v) is 11.2. The molecule has 0 spiro atoms. The van der Waals surface area contributed by atoms with Crippen molar-refractivity contribution in [1.29, 1.82) is 0 Å². The fourth-order valence-electron chi connectivity index (χ4n) is 4.59. The second-order valence-corrected chi connectivity index (χ2v) is 9.08. The average Bonchev–Trinajstić information content (AvgIpc) is 2.84. The normalized spacial score (nSPS) is 40.2. The number of aliphatic hydroxyl groups excluding tert-OH is 10. The molecule has 0 aromatic rings. The number of rotatable bonds is 11. The van der Waals surface area contributed by atoms with Crippen LogP contribution in [0.25, 0.3) is 0 Å². The number of aliphatic hydroxyl groups is 10. The molecule has 0 aromatic carbocycles. The Morgan fingerprint density at radius 1 is 1.06 bits per heavy atom. The van der Waals surface area contributed by atoms with Gasteiger partial charge in [-0.2, -0.15) is 0 Å². The Morgan fingerprint density at radius 3 is 2.24 bits per heavy atom. The zero-order valence-corrected chi connectivity index (χ0v) is 18.8. The number of hydrogen-bond donors (Lipinski definition) is 11. The molecule has 34 heavy (non-hydrogen) atoms. The van der Waals surface area contributed by atoms with Crippen molar-refractivity contribution in [3.05, 3.63) is 11.6 Å². The van der Waals surface area contributed by atoms with Crippen molar-refractivity contribution < 1.29 is 60.6 Å². The van der Waals surface area contributed by atoms with Crippen molar-refractivity contribution in [1.82, 2.24) is 5.32 Å². The molecular formula is C21H37NO12. The Bertz CT molecular complexity index is 678. The first kappa shape index (κ1) is 29.2. The van der Waals surface area contributed by atoms with E-state index in [9.17, 15) is 55.9 Å². The first-order valence-electron chi connectivity index (χ1n) is 11.2. The van der Waals surface area contributed by atoms with E-state index in [4.69, 9.17) is 4.74 Å². The third-order valence-electron chi connectivity index (χ3n) is 6.92. The molecule has 198 valence electrons. The quantitative estimate of drug-likeness (QED) is 0.0947.